The number of piperazine rings is 1. The fourth-order valence-electron chi connectivity index (χ4n) is 3.76. The Balaban J connectivity index is 1.89. The van der Waals surface area contributed by atoms with Crippen molar-refractivity contribution in [3.63, 3.8) is 0 Å². The van der Waals surface area contributed by atoms with Gasteiger partial charge in [0, 0.05) is 36.6 Å². The Morgan fingerprint density at radius 2 is 1.77 bits per heavy atom. The Morgan fingerprint density at radius 3 is 2.31 bits per heavy atom. The number of sulfonamides is 1. The van der Waals surface area contributed by atoms with Gasteiger partial charge >= 0.3 is 6.18 Å². The summed E-state index contributed by atoms with van der Waals surface area (Å²) in [5, 5.41) is 9.90. The molecule has 0 aromatic heterocycles. The molecule has 1 aliphatic heterocycles. The molecular weight excluding hydrogens is 529 g/mol. The molecule has 14 heteroatoms. The molecule has 1 aromatic rings. The molecule has 1 aromatic carbocycles. The van der Waals surface area contributed by atoms with Crippen molar-refractivity contribution >= 4 is 42.9 Å². The minimum Gasteiger partial charge on any atom is -0.376 e. The minimum absolute atomic E-state index is 0.00460. The second-order valence-electron chi connectivity index (χ2n) is 8.40. The topological polar surface area (TPSA) is 104 Å². The Morgan fingerprint density at radius 1 is 1.14 bits per heavy atom. The van der Waals surface area contributed by atoms with E-state index in [-0.39, 0.29) is 41.6 Å². The summed E-state index contributed by atoms with van der Waals surface area (Å²) in [5.41, 5.74) is -3.01. The first-order valence-corrected chi connectivity index (χ1v) is 14.1. The summed E-state index contributed by atoms with van der Waals surface area (Å²) in [7, 11) is -7.80. The number of rotatable bonds is 7. The van der Waals surface area contributed by atoms with Crippen LogP contribution in [0.1, 0.15) is 18.9 Å². The number of alkyl halides is 3. The van der Waals surface area contributed by atoms with Crippen molar-refractivity contribution in [1.29, 1.82) is 0 Å². The Labute approximate surface area is 207 Å². The fourth-order valence-corrected chi connectivity index (χ4v) is 6.24. The monoisotopic (exact) mass is 554 g/mol. The molecule has 1 saturated heterocycles. The first-order valence-electron chi connectivity index (χ1n) is 10.4. The Hall–Kier alpha value is -1.84. The number of nitrogens with zero attached hydrogens (tertiary/aromatic N) is 2. The number of thiocarbonyl (C=S) groups is 1. The Kier molecular flexibility index (Phi) is 7.85. The summed E-state index contributed by atoms with van der Waals surface area (Å²) in [6.07, 6.45) is 1.04. The molecule has 0 spiro atoms. The highest BCUT2D eigenvalue weighted by atomic mass is 32.2. The van der Waals surface area contributed by atoms with Gasteiger partial charge in [0.05, 0.1) is 23.8 Å². The van der Waals surface area contributed by atoms with Crippen LogP contribution in [0.3, 0.4) is 0 Å². The van der Waals surface area contributed by atoms with Crippen LogP contribution >= 0.6 is 12.2 Å². The number of halogens is 3. The largest absolute Gasteiger partial charge is 0.421 e. The fraction of sp³-hybridized carbons (Fsp3) is 0.476. The first-order chi connectivity index (χ1) is 16.0. The van der Waals surface area contributed by atoms with Crippen molar-refractivity contribution in [3.05, 3.63) is 53.0 Å². The molecule has 1 aliphatic carbocycles. The van der Waals surface area contributed by atoms with Gasteiger partial charge in [-0.05, 0) is 30.7 Å². The van der Waals surface area contributed by atoms with Gasteiger partial charge < -0.3 is 10.0 Å². The van der Waals surface area contributed by atoms with Gasteiger partial charge in [0.15, 0.2) is 5.60 Å². The van der Waals surface area contributed by atoms with Crippen molar-refractivity contribution in [2.24, 2.45) is 0 Å². The smallest absolute Gasteiger partial charge is 0.376 e. The highest BCUT2D eigenvalue weighted by Crippen LogP contribution is 2.39. The van der Waals surface area contributed by atoms with Crippen LogP contribution < -0.4 is 4.90 Å². The van der Waals surface area contributed by atoms with E-state index in [9.17, 15) is 35.1 Å². The lowest BCUT2D eigenvalue weighted by Crippen LogP contribution is -2.57. The average Bonchev–Trinajstić information content (AvgIpc) is 2.76. The zero-order chi connectivity index (χ0) is 26.2. The van der Waals surface area contributed by atoms with Gasteiger partial charge in [-0.2, -0.15) is 25.9 Å². The van der Waals surface area contributed by atoms with Crippen molar-refractivity contribution in [3.8, 4) is 0 Å². The summed E-state index contributed by atoms with van der Waals surface area (Å²) in [6, 6.07) is 4.19. The van der Waals surface area contributed by atoms with Crippen molar-refractivity contribution in [2.45, 2.75) is 31.2 Å². The summed E-state index contributed by atoms with van der Waals surface area (Å²) in [4.78, 5) is 1.94. The van der Waals surface area contributed by atoms with Crippen LogP contribution in [0.15, 0.2) is 47.4 Å². The highest BCUT2D eigenvalue weighted by molar-refractivity contribution is 7.96. The third kappa shape index (κ3) is 6.12. The molecule has 1 unspecified atom stereocenters. The molecule has 0 radical (unpaired) electrons. The first kappa shape index (κ1) is 27.7. The van der Waals surface area contributed by atoms with Gasteiger partial charge in [-0.25, -0.2) is 8.42 Å². The van der Waals surface area contributed by atoms with E-state index in [0.29, 0.717) is 19.0 Å². The zero-order valence-electron chi connectivity index (χ0n) is 18.9. The van der Waals surface area contributed by atoms with E-state index in [1.807, 2.05) is 0 Å². The van der Waals surface area contributed by atoms with Crippen molar-refractivity contribution < 1.29 is 39.3 Å². The maximum absolute atomic E-state index is 13.2. The summed E-state index contributed by atoms with van der Waals surface area (Å²) < 4.78 is 95.3. The molecule has 194 valence electrons. The van der Waals surface area contributed by atoms with Gasteiger partial charge in [0.1, 0.15) is 0 Å². The number of benzene rings is 1. The van der Waals surface area contributed by atoms with Crippen LogP contribution in [0.25, 0.3) is 0 Å². The summed E-state index contributed by atoms with van der Waals surface area (Å²) in [5.74, 6) is 0. The lowest BCUT2D eigenvalue weighted by molar-refractivity contribution is -0.258. The van der Waals surface area contributed by atoms with Gasteiger partial charge in [0.2, 0.25) is 10.0 Å². The quantitative estimate of drug-likeness (QED) is 0.405. The third-order valence-electron chi connectivity index (χ3n) is 5.81. The van der Waals surface area contributed by atoms with E-state index in [2.05, 4.69) is 0 Å². The Bertz CT molecular complexity index is 1240. The van der Waals surface area contributed by atoms with Gasteiger partial charge in [-0.3, -0.25) is 4.18 Å². The van der Waals surface area contributed by atoms with Crippen molar-refractivity contribution in [1.82, 2.24) is 4.31 Å². The normalized spacial score (nSPS) is 22.1. The van der Waals surface area contributed by atoms with E-state index in [1.165, 1.54) is 22.5 Å². The van der Waals surface area contributed by atoms with E-state index >= 15 is 0 Å². The highest BCUT2D eigenvalue weighted by Gasteiger charge is 2.51. The molecule has 1 fully saturated rings. The predicted octanol–water partition coefficient (Wildman–Crippen LogP) is 2.47. The molecule has 8 nitrogen and oxygen atoms in total. The number of allylic oxidation sites excluding steroid dienone is 4. The minimum atomic E-state index is -4.88. The molecule has 35 heavy (non-hydrogen) atoms. The maximum atomic E-state index is 13.2. The van der Waals surface area contributed by atoms with E-state index in [0.717, 1.165) is 18.4 Å². The molecule has 1 heterocycles. The van der Waals surface area contributed by atoms with Crippen LogP contribution in [0.5, 0.6) is 0 Å². The number of hydrogen-bond acceptors (Lipinski definition) is 8. The van der Waals surface area contributed by atoms with Crippen LogP contribution in [-0.4, -0.2) is 75.8 Å². The molecule has 0 saturated carbocycles. The molecule has 0 amide bonds. The van der Waals surface area contributed by atoms with Crippen LogP contribution in [0.2, 0.25) is 0 Å². The van der Waals surface area contributed by atoms with Gasteiger partial charge in [0.25, 0.3) is 10.1 Å². The number of hydrogen-bond donors (Lipinski definition) is 1. The second kappa shape index (κ2) is 9.90. The van der Waals surface area contributed by atoms with E-state index in [4.69, 9.17) is 16.4 Å². The average molecular weight is 555 g/mol. The van der Waals surface area contributed by atoms with Crippen molar-refractivity contribution in [2.75, 3.05) is 37.4 Å². The molecular formula is C21H25F3N2O6S3. The lowest BCUT2D eigenvalue weighted by atomic mass is 9.95. The van der Waals surface area contributed by atoms with Gasteiger partial charge in [-0.1, -0.05) is 36.5 Å². The SMILES string of the molecule is CC(O)(c1ccc(N2CCN(S(=O)(=O)C3=CC=CCC3=S)C[C@@H]2COS(C)(=O)=O)cc1)C(F)(F)F. The second-order valence-corrected chi connectivity index (χ2v) is 12.4. The zero-order valence-corrected chi connectivity index (χ0v) is 21.3. The van der Waals surface area contributed by atoms with E-state index < -0.39 is 38.0 Å². The third-order valence-corrected chi connectivity index (χ3v) is 8.84. The molecule has 2 atom stereocenters. The lowest BCUT2D eigenvalue weighted by Gasteiger charge is -2.42. The summed E-state index contributed by atoms with van der Waals surface area (Å²) >= 11 is 5.20. The van der Waals surface area contributed by atoms with Crippen LogP contribution in [0, 0.1) is 0 Å². The standard InChI is InChI=1S/C21H25F3N2O6S3/c1-20(27,21(22,23)24)15-7-9-16(10-8-15)26-12-11-25(13-17(26)14-32-34(2,28)29)35(30,31)19-6-4-3-5-18(19)33/h3-4,6-10,17,27H,5,11-14H2,1-2H3/t17-,20?/m1/s1. The number of aliphatic hydroxyl groups is 1. The molecule has 1 N–H and O–H groups in total. The molecule has 3 rings (SSSR count). The van der Waals surface area contributed by atoms with Crippen LogP contribution in [-0.2, 0) is 29.9 Å². The molecule has 0 bridgehead atoms. The number of anilines is 1. The van der Waals surface area contributed by atoms with Crippen LogP contribution in [0.4, 0.5) is 18.9 Å². The van der Waals surface area contributed by atoms with E-state index in [1.54, 1.807) is 17.1 Å². The molecule has 2 aliphatic rings. The summed E-state index contributed by atoms with van der Waals surface area (Å²) in [6.45, 7) is 0.277. The van der Waals surface area contributed by atoms with Gasteiger partial charge in [-0.15, -0.1) is 0 Å². The predicted molar refractivity (Wildman–Crippen MR) is 129 cm³/mol. The maximum Gasteiger partial charge on any atom is 0.421 e.